The number of halogens is 1. The fraction of sp³-hybridized carbons (Fsp3) is 0.368. The number of carbonyl (C=O) groups excluding carboxylic acids is 1. The number of amides is 1. The summed E-state index contributed by atoms with van der Waals surface area (Å²) in [5.41, 5.74) is 0.726. The average Bonchev–Trinajstić information content (AvgIpc) is 3.06. The zero-order chi connectivity index (χ0) is 20.3. The molecule has 0 spiro atoms. The smallest absolute Gasteiger partial charge is 0.264 e. The lowest BCUT2D eigenvalue weighted by molar-refractivity contribution is -0.122. The Balaban J connectivity index is 1.85. The van der Waals surface area contributed by atoms with E-state index >= 15 is 0 Å². The van der Waals surface area contributed by atoms with Gasteiger partial charge in [-0.3, -0.25) is 14.2 Å². The van der Waals surface area contributed by atoms with E-state index in [0.29, 0.717) is 29.2 Å². The van der Waals surface area contributed by atoms with Crippen LogP contribution >= 0.6 is 0 Å². The number of hydrogen-bond acceptors (Lipinski definition) is 5. The molecule has 0 bridgehead atoms. The van der Waals surface area contributed by atoms with Crippen LogP contribution in [0.3, 0.4) is 0 Å². The molecule has 3 aromatic rings. The molecular formula is C19H22FN5O3. The molecule has 1 aromatic carbocycles. The maximum atomic E-state index is 13.2. The predicted octanol–water partition coefficient (Wildman–Crippen LogP) is 1.57. The molecule has 0 saturated heterocycles. The van der Waals surface area contributed by atoms with Crippen molar-refractivity contribution in [2.45, 2.75) is 32.9 Å². The van der Waals surface area contributed by atoms with Crippen LogP contribution in [0.5, 0.6) is 0 Å². The highest BCUT2D eigenvalue weighted by Gasteiger charge is 2.15. The summed E-state index contributed by atoms with van der Waals surface area (Å²) in [6, 6.07) is 5.66. The Morgan fingerprint density at radius 3 is 2.71 bits per heavy atom. The highest BCUT2D eigenvalue weighted by atomic mass is 19.1. The van der Waals surface area contributed by atoms with Crippen LogP contribution in [0.1, 0.15) is 19.2 Å². The van der Waals surface area contributed by atoms with Crippen LogP contribution in [0.2, 0.25) is 0 Å². The van der Waals surface area contributed by atoms with Crippen LogP contribution in [-0.2, 0) is 16.1 Å². The van der Waals surface area contributed by atoms with E-state index in [9.17, 15) is 14.0 Å². The van der Waals surface area contributed by atoms with E-state index in [1.807, 2.05) is 6.92 Å². The lowest BCUT2D eigenvalue weighted by atomic mass is 10.3. The van der Waals surface area contributed by atoms with E-state index in [1.165, 1.54) is 27.6 Å². The van der Waals surface area contributed by atoms with E-state index in [-0.39, 0.29) is 36.3 Å². The van der Waals surface area contributed by atoms with Crippen LogP contribution in [0.25, 0.3) is 16.7 Å². The molecule has 28 heavy (non-hydrogen) atoms. The Labute approximate surface area is 160 Å². The largest absolute Gasteiger partial charge is 0.383 e. The summed E-state index contributed by atoms with van der Waals surface area (Å²) in [5, 5.41) is 7.37. The maximum Gasteiger partial charge on any atom is 0.264 e. The van der Waals surface area contributed by atoms with Gasteiger partial charge < -0.3 is 10.1 Å². The van der Waals surface area contributed by atoms with Crippen molar-refractivity contribution in [2.24, 2.45) is 0 Å². The van der Waals surface area contributed by atoms with Gasteiger partial charge >= 0.3 is 0 Å². The molecule has 8 nitrogen and oxygen atoms in total. The number of fused-ring (bicyclic) bond motifs is 1. The molecule has 0 saturated carbocycles. The van der Waals surface area contributed by atoms with Gasteiger partial charge in [-0.1, -0.05) is 0 Å². The molecule has 0 aliphatic carbocycles. The number of carbonyl (C=O) groups is 1. The second kappa shape index (κ2) is 8.30. The van der Waals surface area contributed by atoms with Gasteiger partial charge in [0, 0.05) is 26.1 Å². The summed E-state index contributed by atoms with van der Waals surface area (Å²) in [6.07, 6.45) is 1.58. The van der Waals surface area contributed by atoms with Crippen molar-refractivity contribution in [3.8, 4) is 5.69 Å². The van der Waals surface area contributed by atoms with Crippen LogP contribution in [0.4, 0.5) is 4.39 Å². The molecule has 1 amide bonds. The van der Waals surface area contributed by atoms with Crippen LogP contribution in [0, 0.1) is 12.7 Å². The highest BCUT2D eigenvalue weighted by Crippen LogP contribution is 2.15. The monoisotopic (exact) mass is 387 g/mol. The summed E-state index contributed by atoms with van der Waals surface area (Å²) in [5.74, 6) is -0.0538. The third-order valence-electron chi connectivity index (χ3n) is 4.34. The van der Waals surface area contributed by atoms with Gasteiger partial charge in [-0.15, -0.1) is 0 Å². The molecular weight excluding hydrogens is 365 g/mol. The first-order valence-electron chi connectivity index (χ1n) is 8.90. The fourth-order valence-corrected chi connectivity index (χ4v) is 2.99. The van der Waals surface area contributed by atoms with Gasteiger partial charge in [-0.05, 0) is 38.1 Å². The fourth-order valence-electron chi connectivity index (χ4n) is 2.99. The zero-order valence-electron chi connectivity index (χ0n) is 16.0. The van der Waals surface area contributed by atoms with Crippen LogP contribution in [0.15, 0.2) is 35.3 Å². The third kappa shape index (κ3) is 4.09. The van der Waals surface area contributed by atoms with Crippen molar-refractivity contribution in [1.82, 2.24) is 24.6 Å². The van der Waals surface area contributed by atoms with E-state index in [2.05, 4.69) is 15.4 Å². The first-order chi connectivity index (χ1) is 13.4. The normalized spacial score (nSPS) is 12.3. The number of nitrogens with one attached hydrogen (secondary N) is 1. The standard InChI is InChI=1S/C19H22FN5O3/c1-12(11-28-3)22-17(26)8-9-24-13(2)23-18-16(19(24)27)10-21-25(18)15-6-4-14(20)5-7-15/h4-7,10,12H,8-9,11H2,1-3H3,(H,22,26). The number of aromatic nitrogens is 4. The van der Waals surface area contributed by atoms with Gasteiger partial charge in [0.25, 0.3) is 5.56 Å². The second-order valence-corrected chi connectivity index (χ2v) is 6.56. The topological polar surface area (TPSA) is 91.0 Å². The number of rotatable bonds is 7. The van der Waals surface area contributed by atoms with E-state index in [1.54, 1.807) is 26.2 Å². The Kier molecular flexibility index (Phi) is 5.84. The van der Waals surface area contributed by atoms with E-state index in [4.69, 9.17) is 4.74 Å². The van der Waals surface area contributed by atoms with E-state index in [0.717, 1.165) is 0 Å². The molecule has 1 unspecified atom stereocenters. The zero-order valence-corrected chi connectivity index (χ0v) is 16.0. The van der Waals surface area contributed by atoms with Gasteiger partial charge in [-0.2, -0.15) is 5.10 Å². The number of hydrogen-bond donors (Lipinski definition) is 1. The molecule has 0 fully saturated rings. The summed E-state index contributed by atoms with van der Waals surface area (Å²) in [4.78, 5) is 29.4. The summed E-state index contributed by atoms with van der Waals surface area (Å²) >= 11 is 0. The number of nitrogens with zero attached hydrogens (tertiary/aromatic N) is 4. The van der Waals surface area contributed by atoms with Gasteiger partial charge in [0.1, 0.15) is 17.0 Å². The molecule has 1 atom stereocenters. The quantitative estimate of drug-likeness (QED) is 0.665. The molecule has 3 rings (SSSR count). The van der Waals surface area contributed by atoms with Gasteiger partial charge in [-0.25, -0.2) is 14.1 Å². The third-order valence-corrected chi connectivity index (χ3v) is 4.34. The minimum atomic E-state index is -0.357. The van der Waals surface area contributed by atoms with Gasteiger partial charge in [0.15, 0.2) is 5.65 Å². The number of benzene rings is 1. The summed E-state index contributed by atoms with van der Waals surface area (Å²) in [7, 11) is 1.57. The number of ether oxygens (including phenoxy) is 1. The Morgan fingerprint density at radius 1 is 1.32 bits per heavy atom. The van der Waals surface area contributed by atoms with Crippen molar-refractivity contribution >= 4 is 16.9 Å². The SMILES string of the molecule is COCC(C)NC(=O)CCn1c(C)nc2c(cnn2-c2ccc(F)cc2)c1=O. The van der Waals surface area contributed by atoms with Gasteiger partial charge in [0.2, 0.25) is 5.91 Å². The van der Waals surface area contributed by atoms with E-state index < -0.39 is 0 Å². The second-order valence-electron chi connectivity index (χ2n) is 6.56. The van der Waals surface area contributed by atoms with Crippen molar-refractivity contribution in [3.63, 3.8) is 0 Å². The van der Waals surface area contributed by atoms with Crippen molar-refractivity contribution in [1.29, 1.82) is 0 Å². The minimum absolute atomic E-state index is 0.107. The Bertz CT molecular complexity index is 1040. The first kappa shape index (κ1) is 19.7. The number of methoxy groups -OCH3 is 1. The molecule has 1 N–H and O–H groups in total. The molecule has 148 valence electrons. The lowest BCUT2D eigenvalue weighted by Crippen LogP contribution is -2.36. The molecule has 9 heteroatoms. The molecule has 2 aromatic heterocycles. The minimum Gasteiger partial charge on any atom is -0.383 e. The molecule has 2 heterocycles. The Morgan fingerprint density at radius 2 is 2.04 bits per heavy atom. The lowest BCUT2D eigenvalue weighted by Gasteiger charge is -2.14. The van der Waals surface area contributed by atoms with Gasteiger partial charge in [0.05, 0.1) is 18.5 Å². The molecule has 0 aliphatic heterocycles. The highest BCUT2D eigenvalue weighted by molar-refractivity contribution is 5.77. The predicted molar refractivity (Wildman–Crippen MR) is 102 cm³/mol. The summed E-state index contributed by atoms with van der Waals surface area (Å²) < 4.78 is 21.1. The van der Waals surface area contributed by atoms with Crippen molar-refractivity contribution in [3.05, 3.63) is 52.5 Å². The van der Waals surface area contributed by atoms with Crippen LogP contribution < -0.4 is 10.9 Å². The Hall–Kier alpha value is -3.07. The molecule has 0 aliphatic rings. The van der Waals surface area contributed by atoms with Crippen molar-refractivity contribution < 1.29 is 13.9 Å². The van der Waals surface area contributed by atoms with Crippen molar-refractivity contribution in [2.75, 3.05) is 13.7 Å². The average molecular weight is 387 g/mol. The van der Waals surface area contributed by atoms with Crippen LogP contribution in [-0.4, -0.2) is 45.0 Å². The first-order valence-corrected chi connectivity index (χ1v) is 8.90. The maximum absolute atomic E-state index is 13.2. The summed E-state index contributed by atoms with van der Waals surface area (Å²) in [6.45, 7) is 4.17. The molecule has 0 radical (unpaired) electrons. The number of aryl methyl sites for hydroxylation is 1.